The third-order valence-corrected chi connectivity index (χ3v) is 8.79. The highest BCUT2D eigenvalue weighted by Crippen LogP contribution is 2.58. The van der Waals surface area contributed by atoms with E-state index in [4.69, 9.17) is 23.2 Å². The minimum Gasteiger partial charge on any atom is -0.376 e. The number of nitro benzene ring substituents is 1. The van der Waals surface area contributed by atoms with Crippen LogP contribution < -0.4 is 5.32 Å². The van der Waals surface area contributed by atoms with Crippen molar-refractivity contribution in [1.82, 2.24) is 0 Å². The first-order chi connectivity index (χ1) is 15.4. The van der Waals surface area contributed by atoms with Crippen molar-refractivity contribution in [2.75, 3.05) is 5.32 Å². The highest BCUT2D eigenvalue weighted by molar-refractivity contribution is 8.00. The highest BCUT2D eigenvalue weighted by atomic mass is 35.5. The van der Waals surface area contributed by atoms with E-state index >= 15 is 0 Å². The molecule has 3 aromatic rings. The minimum absolute atomic E-state index is 0.0157. The monoisotopic (exact) mass is 488 g/mol. The maximum Gasteiger partial charge on any atom is 0.282 e. The van der Waals surface area contributed by atoms with E-state index in [1.807, 2.05) is 18.2 Å². The zero-order valence-corrected chi connectivity index (χ0v) is 19.1. The Labute approximate surface area is 199 Å². The molecule has 3 aromatic carbocycles. The van der Waals surface area contributed by atoms with Crippen LogP contribution in [0.4, 0.5) is 15.8 Å². The van der Waals surface area contributed by atoms with Crippen molar-refractivity contribution in [1.29, 1.82) is 0 Å². The number of alkyl halides is 1. The summed E-state index contributed by atoms with van der Waals surface area (Å²) in [5.41, 5.74) is 2.97. The molecule has 2 aliphatic rings. The van der Waals surface area contributed by atoms with Gasteiger partial charge in [-0.15, -0.1) is 23.4 Å². The first kappa shape index (κ1) is 21.6. The Morgan fingerprint density at radius 1 is 1.06 bits per heavy atom. The number of para-hydroxylation sites is 2. The number of anilines is 1. The third-order valence-electron chi connectivity index (χ3n) is 6.37. The zero-order valence-electron chi connectivity index (χ0n) is 16.8. The van der Waals surface area contributed by atoms with Gasteiger partial charge in [0.15, 0.2) is 0 Å². The molecule has 5 rings (SSSR count). The Bertz CT molecular complexity index is 1180. The van der Waals surface area contributed by atoms with Crippen LogP contribution >= 0.6 is 35.0 Å². The van der Waals surface area contributed by atoms with Crippen LogP contribution in [0.5, 0.6) is 0 Å². The summed E-state index contributed by atoms with van der Waals surface area (Å²) in [5.74, 6) is -0.137. The number of thioether (sulfide) groups is 1. The molecule has 1 aliphatic carbocycles. The minimum atomic E-state index is -0.356. The van der Waals surface area contributed by atoms with Crippen molar-refractivity contribution >= 4 is 46.3 Å². The van der Waals surface area contributed by atoms with E-state index in [0.717, 1.165) is 23.2 Å². The molecular formula is C24H19Cl2FN2O2S. The van der Waals surface area contributed by atoms with Gasteiger partial charge in [0.2, 0.25) is 0 Å². The van der Waals surface area contributed by atoms with Crippen LogP contribution in [-0.2, 0) is 0 Å². The number of nitrogens with one attached hydrogen (secondary N) is 1. The molecule has 1 N–H and O–H groups in total. The Morgan fingerprint density at radius 3 is 2.56 bits per heavy atom. The largest absolute Gasteiger partial charge is 0.376 e. The van der Waals surface area contributed by atoms with E-state index in [1.54, 1.807) is 30.3 Å². The lowest BCUT2D eigenvalue weighted by atomic mass is 9.77. The Morgan fingerprint density at radius 2 is 1.81 bits per heavy atom. The molecule has 5 atom stereocenters. The molecule has 0 radical (unpaired) electrons. The summed E-state index contributed by atoms with van der Waals surface area (Å²) in [7, 11) is 0. The summed E-state index contributed by atoms with van der Waals surface area (Å²) in [5, 5.41) is 15.4. The number of hydrogen-bond acceptors (Lipinski definition) is 4. The van der Waals surface area contributed by atoms with Crippen molar-refractivity contribution in [3.8, 4) is 0 Å². The molecule has 0 saturated heterocycles. The van der Waals surface area contributed by atoms with Gasteiger partial charge in [0.05, 0.1) is 31.9 Å². The molecule has 164 valence electrons. The number of halogens is 3. The normalized spacial score (nSPS) is 26.2. The molecule has 0 amide bonds. The molecule has 0 bridgehead atoms. The predicted molar refractivity (Wildman–Crippen MR) is 127 cm³/mol. The number of hydrogen-bond donors (Lipinski definition) is 1. The van der Waals surface area contributed by atoms with Gasteiger partial charge in [0, 0.05) is 17.2 Å². The number of benzene rings is 3. The molecule has 32 heavy (non-hydrogen) atoms. The van der Waals surface area contributed by atoms with Crippen LogP contribution in [0, 0.1) is 21.8 Å². The summed E-state index contributed by atoms with van der Waals surface area (Å²) in [6.07, 6.45) is 0.760. The van der Waals surface area contributed by atoms with Crippen molar-refractivity contribution in [3.05, 3.63) is 98.8 Å². The van der Waals surface area contributed by atoms with Crippen LogP contribution in [-0.4, -0.2) is 15.6 Å². The topological polar surface area (TPSA) is 55.2 Å². The number of nitro groups is 1. The number of fused-ring (bicyclic) bond motifs is 3. The molecule has 0 unspecified atom stereocenters. The maximum atomic E-state index is 13.6. The van der Waals surface area contributed by atoms with E-state index in [9.17, 15) is 14.5 Å². The van der Waals surface area contributed by atoms with Gasteiger partial charge >= 0.3 is 0 Å². The molecule has 1 fully saturated rings. The first-order valence-corrected chi connectivity index (χ1v) is 12.0. The van der Waals surface area contributed by atoms with Crippen LogP contribution in [0.2, 0.25) is 5.02 Å². The second-order valence-electron chi connectivity index (χ2n) is 8.13. The van der Waals surface area contributed by atoms with Gasteiger partial charge in [-0.25, -0.2) is 4.39 Å². The second kappa shape index (κ2) is 8.58. The van der Waals surface area contributed by atoms with Gasteiger partial charge < -0.3 is 5.32 Å². The van der Waals surface area contributed by atoms with Gasteiger partial charge in [0.1, 0.15) is 5.82 Å². The van der Waals surface area contributed by atoms with E-state index in [-0.39, 0.29) is 44.9 Å². The fourth-order valence-electron chi connectivity index (χ4n) is 4.98. The standard InChI is InChI=1S/C24H19Cl2FN2O2S/c25-17-5-3-4-15-21-16(23(28-24(15)17)13-8-10-14(27)11-9-13)12-20(22(21)26)32-19-7-2-1-6-18(19)29(30)31/h1-11,16,20-23,28H,12H2/t16-,20+,21+,22-,23-/m0/s1. The predicted octanol–water partition coefficient (Wildman–Crippen LogP) is 7.43. The van der Waals surface area contributed by atoms with E-state index in [0.29, 0.717) is 9.92 Å². The van der Waals surface area contributed by atoms with Crippen LogP contribution in [0.25, 0.3) is 0 Å². The van der Waals surface area contributed by atoms with Gasteiger partial charge in [-0.1, -0.05) is 48.0 Å². The van der Waals surface area contributed by atoms with E-state index in [2.05, 4.69) is 5.32 Å². The van der Waals surface area contributed by atoms with Gasteiger partial charge in [0.25, 0.3) is 5.69 Å². The molecule has 0 aromatic heterocycles. The molecule has 1 heterocycles. The van der Waals surface area contributed by atoms with Crippen LogP contribution in [0.3, 0.4) is 0 Å². The summed E-state index contributed by atoms with van der Waals surface area (Å²) < 4.78 is 13.6. The average Bonchev–Trinajstić information content (AvgIpc) is 3.11. The SMILES string of the molecule is O=[N+]([O-])c1ccccc1S[C@@H]1C[C@H]2[C@@H](c3cccc(Cl)c3N[C@H]2c2ccc(F)cc2)[C@H]1Cl. The van der Waals surface area contributed by atoms with E-state index in [1.165, 1.54) is 30.0 Å². The molecule has 4 nitrogen and oxygen atoms in total. The lowest BCUT2D eigenvalue weighted by Gasteiger charge is -2.38. The van der Waals surface area contributed by atoms with E-state index < -0.39 is 0 Å². The van der Waals surface area contributed by atoms with Crippen molar-refractivity contribution in [2.45, 2.75) is 33.9 Å². The Kier molecular flexibility index (Phi) is 5.78. The van der Waals surface area contributed by atoms with Crippen molar-refractivity contribution in [2.24, 2.45) is 5.92 Å². The molecule has 1 saturated carbocycles. The molecule has 8 heteroatoms. The van der Waals surface area contributed by atoms with Crippen LogP contribution in [0.1, 0.15) is 29.5 Å². The summed E-state index contributed by atoms with van der Waals surface area (Å²) in [4.78, 5) is 11.8. The molecular weight excluding hydrogens is 470 g/mol. The fraction of sp³-hybridized carbons (Fsp3) is 0.250. The summed E-state index contributed by atoms with van der Waals surface area (Å²) in [6.45, 7) is 0. The highest BCUT2D eigenvalue weighted by Gasteiger charge is 2.50. The van der Waals surface area contributed by atoms with Crippen molar-refractivity contribution < 1.29 is 9.31 Å². The van der Waals surface area contributed by atoms with Gasteiger partial charge in [-0.3, -0.25) is 10.1 Å². The number of rotatable bonds is 4. The fourth-order valence-corrected chi connectivity index (χ4v) is 7.16. The zero-order chi connectivity index (χ0) is 22.4. The number of nitrogens with zero attached hydrogens (tertiary/aromatic N) is 1. The summed E-state index contributed by atoms with van der Waals surface area (Å²) >= 11 is 15.1. The molecule has 0 spiro atoms. The summed E-state index contributed by atoms with van der Waals surface area (Å²) in [6, 6.07) is 19.0. The van der Waals surface area contributed by atoms with Crippen molar-refractivity contribution in [3.63, 3.8) is 0 Å². The second-order valence-corrected chi connectivity index (χ2v) is 10.3. The maximum absolute atomic E-state index is 13.6. The first-order valence-electron chi connectivity index (χ1n) is 10.3. The third kappa shape index (κ3) is 3.74. The lowest BCUT2D eigenvalue weighted by Crippen LogP contribution is -2.31. The smallest absolute Gasteiger partial charge is 0.282 e. The Balaban J connectivity index is 1.54. The van der Waals surface area contributed by atoms with Gasteiger partial charge in [-0.05, 0) is 47.7 Å². The van der Waals surface area contributed by atoms with Gasteiger partial charge in [-0.2, -0.15) is 0 Å². The average molecular weight is 489 g/mol. The van der Waals surface area contributed by atoms with Crippen LogP contribution in [0.15, 0.2) is 71.6 Å². The molecule has 1 aliphatic heterocycles. The lowest BCUT2D eigenvalue weighted by molar-refractivity contribution is -0.387. The quantitative estimate of drug-likeness (QED) is 0.235. The Hall–Kier alpha value is -2.28.